The van der Waals surface area contributed by atoms with Crippen molar-refractivity contribution < 1.29 is 29.4 Å². The van der Waals surface area contributed by atoms with Gasteiger partial charge >= 0.3 is 11.9 Å². The van der Waals surface area contributed by atoms with Gasteiger partial charge in [-0.05, 0) is 18.6 Å². The number of Topliss-reactive ketones (excluding diaryl/α,β-unsaturated/α-hetero) is 1. The van der Waals surface area contributed by atoms with E-state index in [1.54, 1.807) is 18.2 Å². The molecule has 0 fully saturated rings. The molecule has 2 aromatic rings. The van der Waals surface area contributed by atoms with Gasteiger partial charge in [0.25, 0.3) is 0 Å². The van der Waals surface area contributed by atoms with Crippen LogP contribution >= 0.6 is 0 Å². The van der Waals surface area contributed by atoms with Gasteiger partial charge in [-0.3, -0.25) is 14.4 Å². The number of allylic oxidation sites excluding steroid dienone is 2. The van der Waals surface area contributed by atoms with E-state index in [2.05, 4.69) is 0 Å². The van der Waals surface area contributed by atoms with Gasteiger partial charge in [0.1, 0.15) is 0 Å². The van der Waals surface area contributed by atoms with E-state index >= 15 is 0 Å². The quantitative estimate of drug-likeness (QED) is 0.870. The zero-order valence-electron chi connectivity index (χ0n) is 14.1. The van der Waals surface area contributed by atoms with Crippen LogP contribution in [-0.4, -0.2) is 38.3 Å². The third kappa shape index (κ3) is 2.54. The Hall–Kier alpha value is -3.48. The summed E-state index contributed by atoms with van der Waals surface area (Å²) >= 11 is 0. The number of rotatable bonds is 4. The van der Waals surface area contributed by atoms with Crippen molar-refractivity contribution >= 4 is 29.1 Å². The first-order valence-corrected chi connectivity index (χ1v) is 7.77. The molecule has 0 saturated carbocycles. The molecule has 7 nitrogen and oxygen atoms in total. The van der Waals surface area contributed by atoms with Gasteiger partial charge < -0.3 is 14.8 Å². The molecule has 0 radical (unpaired) electrons. The number of aliphatic carboxylic acids is 1. The van der Waals surface area contributed by atoms with Crippen LogP contribution in [0.2, 0.25) is 0 Å². The minimum absolute atomic E-state index is 0.0628. The van der Waals surface area contributed by atoms with Gasteiger partial charge in [-0.2, -0.15) is 0 Å². The molecule has 1 aliphatic rings. The molecule has 1 aliphatic carbocycles. The van der Waals surface area contributed by atoms with Gasteiger partial charge in [-0.1, -0.05) is 24.3 Å². The largest absolute Gasteiger partial charge is 0.481 e. The number of benzene rings is 1. The molecular formula is C19H15NO6. The van der Waals surface area contributed by atoms with Crippen LogP contribution in [0.3, 0.4) is 0 Å². The predicted molar refractivity (Wildman–Crippen MR) is 91.5 cm³/mol. The standard InChI is InChI=1S/C19H15NO6/c1-9-16(19(25)26)13(8-15(22)23)20(2)17(9)12-7-14(21)10-5-3-4-6-11(10)18(12)24/h3-7H,8H2,1-2H3,(H,22,23)(H,25,26). The highest BCUT2D eigenvalue weighted by Crippen LogP contribution is 2.33. The number of carboxylic acid groups (broad SMARTS) is 2. The van der Waals surface area contributed by atoms with Crippen LogP contribution in [0.5, 0.6) is 0 Å². The third-order valence-corrected chi connectivity index (χ3v) is 4.50. The van der Waals surface area contributed by atoms with E-state index in [0.717, 1.165) is 0 Å². The highest BCUT2D eigenvalue weighted by Gasteiger charge is 2.32. The molecule has 0 saturated heterocycles. The predicted octanol–water partition coefficient (Wildman–Crippen LogP) is 2.12. The molecule has 132 valence electrons. The minimum atomic E-state index is -1.28. The fourth-order valence-electron chi connectivity index (χ4n) is 3.40. The van der Waals surface area contributed by atoms with Gasteiger partial charge in [-0.25, -0.2) is 4.79 Å². The maximum Gasteiger partial charge on any atom is 0.337 e. The van der Waals surface area contributed by atoms with E-state index in [0.29, 0.717) is 0 Å². The second-order valence-corrected chi connectivity index (χ2v) is 6.03. The topological polar surface area (TPSA) is 114 Å². The van der Waals surface area contributed by atoms with E-state index in [9.17, 15) is 24.3 Å². The first-order chi connectivity index (χ1) is 12.2. The zero-order valence-corrected chi connectivity index (χ0v) is 14.1. The summed E-state index contributed by atoms with van der Waals surface area (Å²) in [4.78, 5) is 48.0. The second-order valence-electron chi connectivity index (χ2n) is 6.03. The van der Waals surface area contributed by atoms with Crippen LogP contribution in [0.4, 0.5) is 0 Å². The maximum absolute atomic E-state index is 12.9. The maximum atomic E-state index is 12.9. The monoisotopic (exact) mass is 353 g/mol. The van der Waals surface area contributed by atoms with E-state index in [4.69, 9.17) is 5.11 Å². The Kier molecular flexibility index (Phi) is 4.07. The molecule has 0 spiro atoms. The van der Waals surface area contributed by atoms with Crippen molar-refractivity contribution in [3.8, 4) is 0 Å². The number of hydrogen-bond acceptors (Lipinski definition) is 4. The Morgan fingerprint density at radius 2 is 1.69 bits per heavy atom. The number of hydrogen-bond donors (Lipinski definition) is 2. The summed E-state index contributed by atoms with van der Waals surface area (Å²) in [5.41, 5.74) is 0.995. The highest BCUT2D eigenvalue weighted by atomic mass is 16.4. The minimum Gasteiger partial charge on any atom is -0.481 e. The summed E-state index contributed by atoms with van der Waals surface area (Å²) in [7, 11) is 1.49. The molecule has 0 bridgehead atoms. The molecule has 1 heterocycles. The average molecular weight is 353 g/mol. The average Bonchev–Trinajstić information content (AvgIpc) is 2.81. The number of carbonyl (C=O) groups is 4. The van der Waals surface area contributed by atoms with E-state index in [-0.39, 0.29) is 45.0 Å². The number of fused-ring (bicyclic) bond motifs is 1. The van der Waals surface area contributed by atoms with Gasteiger partial charge in [0, 0.05) is 23.9 Å². The number of carboxylic acids is 2. The summed E-state index contributed by atoms with van der Waals surface area (Å²) in [6, 6.07) is 6.39. The Morgan fingerprint density at radius 3 is 2.27 bits per heavy atom. The molecule has 0 unspecified atom stereocenters. The van der Waals surface area contributed by atoms with Crippen molar-refractivity contribution in [3.63, 3.8) is 0 Å². The molecule has 0 aliphatic heterocycles. The number of nitrogens with zero attached hydrogens (tertiary/aromatic N) is 1. The van der Waals surface area contributed by atoms with Crippen LogP contribution in [0.1, 0.15) is 48.0 Å². The van der Waals surface area contributed by atoms with Crippen molar-refractivity contribution in [3.05, 3.63) is 64.0 Å². The molecule has 1 aromatic carbocycles. The van der Waals surface area contributed by atoms with E-state index < -0.39 is 24.1 Å². The highest BCUT2D eigenvalue weighted by molar-refractivity contribution is 6.38. The van der Waals surface area contributed by atoms with Gasteiger partial charge in [0.15, 0.2) is 11.6 Å². The van der Waals surface area contributed by atoms with E-state index in [1.807, 2.05) is 0 Å². The van der Waals surface area contributed by atoms with E-state index in [1.165, 1.54) is 30.7 Å². The SMILES string of the molecule is Cc1c(C(=O)O)c(CC(=O)O)n(C)c1C1=CC(=O)c2ccccc2C1=O. The molecule has 7 heteroatoms. The van der Waals surface area contributed by atoms with Crippen LogP contribution < -0.4 is 0 Å². The van der Waals surface area contributed by atoms with Gasteiger partial charge in [0.05, 0.1) is 23.3 Å². The Balaban J connectivity index is 2.25. The second kappa shape index (κ2) is 6.11. The Bertz CT molecular complexity index is 1020. The van der Waals surface area contributed by atoms with Crippen molar-refractivity contribution in [1.82, 2.24) is 4.57 Å². The lowest BCUT2D eigenvalue weighted by molar-refractivity contribution is -0.136. The lowest BCUT2D eigenvalue weighted by atomic mass is 9.87. The smallest absolute Gasteiger partial charge is 0.337 e. The lowest BCUT2D eigenvalue weighted by Crippen LogP contribution is -2.18. The van der Waals surface area contributed by atoms with Crippen LogP contribution in [0.15, 0.2) is 30.3 Å². The normalized spacial score (nSPS) is 13.4. The van der Waals surface area contributed by atoms with Gasteiger partial charge in [0.2, 0.25) is 0 Å². The van der Waals surface area contributed by atoms with Crippen molar-refractivity contribution in [2.75, 3.05) is 0 Å². The molecule has 0 amide bonds. The fourth-order valence-corrected chi connectivity index (χ4v) is 3.40. The molecular weight excluding hydrogens is 338 g/mol. The Morgan fingerprint density at radius 1 is 1.08 bits per heavy atom. The summed E-state index contributed by atoms with van der Waals surface area (Å²) in [5.74, 6) is -3.23. The number of aromatic nitrogens is 1. The number of aromatic carboxylic acids is 1. The number of carbonyl (C=O) groups excluding carboxylic acids is 2. The van der Waals surface area contributed by atoms with Crippen molar-refractivity contribution in [1.29, 1.82) is 0 Å². The van der Waals surface area contributed by atoms with Crippen molar-refractivity contribution in [2.24, 2.45) is 7.05 Å². The third-order valence-electron chi connectivity index (χ3n) is 4.50. The van der Waals surface area contributed by atoms with Gasteiger partial charge in [-0.15, -0.1) is 0 Å². The molecule has 3 rings (SSSR count). The van der Waals surface area contributed by atoms with Crippen LogP contribution in [-0.2, 0) is 18.3 Å². The summed E-state index contributed by atoms with van der Waals surface area (Å²) < 4.78 is 1.37. The summed E-state index contributed by atoms with van der Waals surface area (Å²) in [6.07, 6.45) is 0.675. The zero-order chi connectivity index (χ0) is 19.2. The molecule has 1 aromatic heterocycles. The first-order valence-electron chi connectivity index (χ1n) is 7.77. The summed E-state index contributed by atoms with van der Waals surface area (Å²) in [6.45, 7) is 1.50. The lowest BCUT2D eigenvalue weighted by Gasteiger charge is -2.17. The number of ketones is 2. The molecule has 0 atom stereocenters. The molecule has 2 N–H and O–H groups in total. The fraction of sp³-hybridized carbons (Fsp3) is 0.158. The van der Waals surface area contributed by atoms with Crippen LogP contribution in [0.25, 0.3) is 5.57 Å². The molecule has 26 heavy (non-hydrogen) atoms. The van der Waals surface area contributed by atoms with Crippen molar-refractivity contribution in [2.45, 2.75) is 13.3 Å². The summed E-state index contributed by atoms with van der Waals surface area (Å²) in [5, 5.41) is 18.6. The Labute approximate surface area is 148 Å². The first kappa shape index (κ1) is 17.3. The van der Waals surface area contributed by atoms with Crippen LogP contribution in [0, 0.1) is 6.92 Å².